The minimum Gasteiger partial charge on any atom is -0.351 e. The zero-order valence-electron chi connectivity index (χ0n) is 16.5. The zero-order valence-corrected chi connectivity index (χ0v) is 16.5. The van der Waals surface area contributed by atoms with E-state index in [1.807, 2.05) is 0 Å². The Hall–Kier alpha value is -2.04. The van der Waals surface area contributed by atoms with Crippen LogP contribution in [-0.2, 0) is 17.6 Å². The Morgan fingerprint density at radius 3 is 2.36 bits per heavy atom. The summed E-state index contributed by atoms with van der Waals surface area (Å²) in [6.45, 7) is 2.47. The van der Waals surface area contributed by atoms with Crippen molar-refractivity contribution in [3.05, 3.63) is 35.4 Å². The SMILES string of the molecule is CC(=O)NC12CC3CC(C1)C(N1CC4(Cc5ccccc5C4)NC1=O)C(C3)C2. The quantitative estimate of drug-likeness (QED) is 0.830. The molecule has 2 N–H and O–H groups in total. The molecular weight excluding hydrogens is 350 g/mol. The fraction of sp³-hybridized carbons (Fsp3) is 0.652. The Kier molecular flexibility index (Phi) is 3.33. The van der Waals surface area contributed by atoms with E-state index < -0.39 is 0 Å². The van der Waals surface area contributed by atoms with E-state index in [0.717, 1.165) is 44.6 Å². The summed E-state index contributed by atoms with van der Waals surface area (Å²) in [4.78, 5) is 27.1. The third-order valence-electron chi connectivity index (χ3n) is 8.31. The van der Waals surface area contributed by atoms with Crippen molar-refractivity contribution in [2.45, 2.75) is 69.0 Å². The summed E-state index contributed by atoms with van der Waals surface area (Å²) in [6.07, 6.45) is 7.57. The van der Waals surface area contributed by atoms with Gasteiger partial charge in [-0.05, 0) is 73.8 Å². The number of hydrogen-bond acceptors (Lipinski definition) is 2. The highest BCUT2D eigenvalue weighted by Gasteiger charge is 2.60. The van der Waals surface area contributed by atoms with E-state index in [9.17, 15) is 9.59 Å². The van der Waals surface area contributed by atoms with Crippen LogP contribution in [0.4, 0.5) is 4.79 Å². The molecule has 4 saturated carbocycles. The van der Waals surface area contributed by atoms with Crippen molar-refractivity contribution < 1.29 is 9.59 Å². The molecular formula is C23H29N3O2. The molecule has 4 bridgehead atoms. The van der Waals surface area contributed by atoms with Crippen LogP contribution in [0.1, 0.15) is 50.2 Å². The molecule has 5 fully saturated rings. The van der Waals surface area contributed by atoms with Crippen LogP contribution in [0.5, 0.6) is 0 Å². The lowest BCUT2D eigenvalue weighted by Gasteiger charge is -2.61. The minimum absolute atomic E-state index is 0.00366. The molecule has 3 amide bonds. The predicted octanol–water partition coefficient (Wildman–Crippen LogP) is 2.63. The number of carbonyl (C=O) groups excluding carboxylic acids is 2. The number of carbonyl (C=O) groups is 2. The van der Waals surface area contributed by atoms with E-state index in [1.54, 1.807) is 6.92 Å². The van der Waals surface area contributed by atoms with Gasteiger partial charge in [-0.2, -0.15) is 0 Å². The molecule has 0 radical (unpaired) electrons. The second-order valence-electron chi connectivity index (χ2n) is 10.4. The van der Waals surface area contributed by atoms with Gasteiger partial charge in [-0.1, -0.05) is 24.3 Å². The van der Waals surface area contributed by atoms with Gasteiger partial charge in [-0.15, -0.1) is 0 Å². The van der Waals surface area contributed by atoms with Crippen LogP contribution in [-0.4, -0.2) is 40.5 Å². The van der Waals surface area contributed by atoms with E-state index in [1.165, 1.54) is 24.0 Å². The molecule has 1 spiro atoms. The molecule has 1 heterocycles. The average Bonchev–Trinajstić information content (AvgIpc) is 3.11. The van der Waals surface area contributed by atoms with Gasteiger partial charge in [0.1, 0.15) is 0 Å². The first-order chi connectivity index (χ1) is 13.4. The number of rotatable bonds is 2. The second-order valence-corrected chi connectivity index (χ2v) is 10.4. The van der Waals surface area contributed by atoms with Crippen molar-refractivity contribution >= 4 is 11.9 Å². The van der Waals surface area contributed by atoms with Crippen LogP contribution < -0.4 is 10.6 Å². The number of urea groups is 1. The van der Waals surface area contributed by atoms with Crippen LogP contribution in [0.2, 0.25) is 0 Å². The van der Waals surface area contributed by atoms with Gasteiger partial charge in [0.2, 0.25) is 5.91 Å². The summed E-state index contributed by atoms with van der Waals surface area (Å²) >= 11 is 0. The summed E-state index contributed by atoms with van der Waals surface area (Å²) in [5.41, 5.74) is 2.65. The molecule has 0 aromatic heterocycles. The number of fused-ring (bicyclic) bond motifs is 1. The van der Waals surface area contributed by atoms with E-state index in [2.05, 4.69) is 39.8 Å². The maximum absolute atomic E-state index is 13.1. The smallest absolute Gasteiger partial charge is 0.318 e. The van der Waals surface area contributed by atoms with Crippen LogP contribution in [0.3, 0.4) is 0 Å². The Bertz CT molecular complexity index is 824. The molecule has 5 nitrogen and oxygen atoms in total. The van der Waals surface area contributed by atoms with E-state index in [0.29, 0.717) is 17.9 Å². The van der Waals surface area contributed by atoms with Crippen molar-refractivity contribution in [1.82, 2.24) is 15.5 Å². The largest absolute Gasteiger partial charge is 0.351 e. The van der Waals surface area contributed by atoms with Crippen LogP contribution >= 0.6 is 0 Å². The lowest BCUT2D eigenvalue weighted by molar-refractivity contribution is -0.127. The highest BCUT2D eigenvalue weighted by atomic mass is 16.2. The molecule has 6 aliphatic rings. The molecule has 28 heavy (non-hydrogen) atoms. The summed E-state index contributed by atoms with van der Waals surface area (Å²) < 4.78 is 0. The first-order valence-electron chi connectivity index (χ1n) is 10.9. The number of hydrogen-bond donors (Lipinski definition) is 2. The van der Waals surface area contributed by atoms with Gasteiger partial charge < -0.3 is 15.5 Å². The zero-order chi connectivity index (χ0) is 19.1. The van der Waals surface area contributed by atoms with E-state index in [-0.39, 0.29) is 23.0 Å². The molecule has 148 valence electrons. The monoisotopic (exact) mass is 379 g/mol. The van der Waals surface area contributed by atoms with Crippen LogP contribution in [0.25, 0.3) is 0 Å². The van der Waals surface area contributed by atoms with Gasteiger partial charge in [0.15, 0.2) is 0 Å². The van der Waals surface area contributed by atoms with Crippen molar-refractivity contribution in [2.75, 3.05) is 6.54 Å². The fourth-order valence-corrected chi connectivity index (χ4v) is 7.90. The Balaban J connectivity index is 1.25. The summed E-state index contributed by atoms with van der Waals surface area (Å²) in [6, 6.07) is 9.11. The summed E-state index contributed by atoms with van der Waals surface area (Å²) in [7, 11) is 0. The standard InChI is InChI=1S/C23H29N3O2/c1-14(27)24-22-8-15-6-18(11-22)20(19(7-15)12-22)26-13-23(25-21(26)28)9-16-4-2-3-5-17(16)10-23/h2-5,15,18-20H,6-13H2,1H3,(H,24,27)(H,25,28). The van der Waals surface area contributed by atoms with Gasteiger partial charge in [-0.25, -0.2) is 4.79 Å². The second kappa shape index (κ2) is 5.52. The Morgan fingerprint density at radius 1 is 1.11 bits per heavy atom. The molecule has 5 heteroatoms. The summed E-state index contributed by atoms with van der Waals surface area (Å²) in [5, 5.41) is 6.71. The fourth-order valence-electron chi connectivity index (χ4n) is 7.90. The lowest BCUT2D eigenvalue weighted by Crippen LogP contribution is -2.66. The van der Waals surface area contributed by atoms with Crippen LogP contribution in [0, 0.1) is 17.8 Å². The van der Waals surface area contributed by atoms with Gasteiger partial charge in [0.25, 0.3) is 0 Å². The number of amides is 3. The number of nitrogens with zero attached hydrogens (tertiary/aromatic N) is 1. The highest BCUT2D eigenvalue weighted by Crippen LogP contribution is 2.57. The van der Waals surface area contributed by atoms with Crippen molar-refractivity contribution in [3.63, 3.8) is 0 Å². The molecule has 7 rings (SSSR count). The normalized spacial score (nSPS) is 39.3. The lowest BCUT2D eigenvalue weighted by atomic mass is 9.50. The highest BCUT2D eigenvalue weighted by molar-refractivity contribution is 5.79. The Labute approximate surface area is 166 Å². The van der Waals surface area contributed by atoms with Gasteiger partial charge in [-0.3, -0.25) is 4.79 Å². The maximum Gasteiger partial charge on any atom is 0.318 e. The van der Waals surface area contributed by atoms with Crippen molar-refractivity contribution in [3.8, 4) is 0 Å². The van der Waals surface area contributed by atoms with Crippen molar-refractivity contribution in [1.29, 1.82) is 0 Å². The molecule has 1 saturated heterocycles. The molecule has 1 aromatic carbocycles. The van der Waals surface area contributed by atoms with Gasteiger partial charge >= 0.3 is 6.03 Å². The van der Waals surface area contributed by atoms with Crippen LogP contribution in [0.15, 0.2) is 24.3 Å². The van der Waals surface area contributed by atoms with Gasteiger partial charge in [0, 0.05) is 25.0 Å². The third-order valence-corrected chi connectivity index (χ3v) is 8.31. The Morgan fingerprint density at radius 2 is 1.75 bits per heavy atom. The first-order valence-corrected chi connectivity index (χ1v) is 10.9. The third kappa shape index (κ3) is 2.37. The topological polar surface area (TPSA) is 61.4 Å². The van der Waals surface area contributed by atoms with E-state index in [4.69, 9.17) is 0 Å². The number of nitrogens with one attached hydrogen (secondary N) is 2. The van der Waals surface area contributed by atoms with E-state index >= 15 is 0 Å². The molecule has 2 atom stereocenters. The molecule has 1 aliphatic heterocycles. The summed E-state index contributed by atoms with van der Waals surface area (Å²) in [5.74, 6) is 1.88. The molecule has 1 aromatic rings. The molecule has 5 aliphatic carbocycles. The van der Waals surface area contributed by atoms with Crippen molar-refractivity contribution in [2.24, 2.45) is 17.8 Å². The molecule has 2 unspecified atom stereocenters. The maximum atomic E-state index is 13.1. The van der Waals surface area contributed by atoms with Gasteiger partial charge in [0.05, 0.1) is 5.54 Å². The minimum atomic E-state index is -0.120. The average molecular weight is 380 g/mol. The first kappa shape index (κ1) is 16.9. The predicted molar refractivity (Wildman–Crippen MR) is 106 cm³/mol. The number of benzene rings is 1.